The summed E-state index contributed by atoms with van der Waals surface area (Å²) in [5.41, 5.74) is 3.41. The monoisotopic (exact) mass is 364 g/mol. The summed E-state index contributed by atoms with van der Waals surface area (Å²) in [5.74, 6) is 0.0503. The lowest BCUT2D eigenvalue weighted by Gasteiger charge is -2.12. The van der Waals surface area contributed by atoms with Gasteiger partial charge in [-0.3, -0.25) is 9.59 Å². The number of aliphatic hydroxyl groups excluding tert-OH is 1. The number of ketones is 1. The number of hydrogen-bond acceptors (Lipinski definition) is 4. The van der Waals surface area contributed by atoms with Crippen LogP contribution in [0.1, 0.15) is 73.1 Å². The van der Waals surface area contributed by atoms with Crippen LogP contribution in [0.3, 0.4) is 0 Å². The molecule has 1 atom stereocenters. The molecule has 1 N–H and O–H groups in total. The number of aliphatic hydroxyl groups is 1. The summed E-state index contributed by atoms with van der Waals surface area (Å²) in [6.07, 6.45) is 10.7. The molecule has 0 aliphatic rings. The molecule has 0 rings (SSSR count). The van der Waals surface area contributed by atoms with E-state index in [-0.39, 0.29) is 24.3 Å². The van der Waals surface area contributed by atoms with E-state index in [4.69, 9.17) is 9.84 Å². The van der Waals surface area contributed by atoms with Gasteiger partial charge in [0.2, 0.25) is 0 Å². The summed E-state index contributed by atoms with van der Waals surface area (Å²) in [6.45, 7) is 9.78. The maximum absolute atomic E-state index is 12.1. The number of allylic oxidation sites excluding steroid dienone is 4. The van der Waals surface area contributed by atoms with E-state index >= 15 is 0 Å². The summed E-state index contributed by atoms with van der Waals surface area (Å²) in [5, 5.41) is 8.89. The fourth-order valence-electron chi connectivity index (χ4n) is 2.49. The molecule has 148 valence electrons. The molecule has 0 fully saturated rings. The van der Waals surface area contributed by atoms with Gasteiger partial charge in [-0.25, -0.2) is 0 Å². The van der Waals surface area contributed by atoms with Crippen molar-refractivity contribution in [2.24, 2.45) is 5.92 Å². The minimum atomic E-state index is -0.280. The van der Waals surface area contributed by atoms with E-state index in [2.05, 4.69) is 6.08 Å². The third-order valence-electron chi connectivity index (χ3n) is 4.27. The molecule has 0 bridgehead atoms. The van der Waals surface area contributed by atoms with Crippen LogP contribution in [0.15, 0.2) is 34.9 Å². The average molecular weight is 365 g/mol. The molecule has 0 aliphatic heterocycles. The third-order valence-corrected chi connectivity index (χ3v) is 4.27. The number of esters is 1. The number of hydrogen-bond donors (Lipinski definition) is 1. The van der Waals surface area contributed by atoms with Crippen LogP contribution in [0, 0.1) is 5.92 Å². The van der Waals surface area contributed by atoms with Crippen molar-refractivity contribution in [3.8, 4) is 0 Å². The summed E-state index contributed by atoms with van der Waals surface area (Å²) in [7, 11) is 0. The molecule has 0 amide bonds. The fourth-order valence-corrected chi connectivity index (χ4v) is 2.49. The van der Waals surface area contributed by atoms with Crippen LogP contribution in [0.2, 0.25) is 0 Å². The molecule has 0 saturated heterocycles. The van der Waals surface area contributed by atoms with Gasteiger partial charge in [0.1, 0.15) is 12.4 Å². The van der Waals surface area contributed by atoms with Gasteiger partial charge in [-0.1, -0.05) is 36.3 Å². The first-order valence-electron chi connectivity index (χ1n) is 9.50. The largest absolute Gasteiger partial charge is 0.461 e. The summed E-state index contributed by atoms with van der Waals surface area (Å²) < 4.78 is 5.14. The number of ether oxygens (including phenoxy) is 1. The van der Waals surface area contributed by atoms with Gasteiger partial charge < -0.3 is 9.84 Å². The van der Waals surface area contributed by atoms with Crippen molar-refractivity contribution in [3.05, 3.63) is 34.9 Å². The van der Waals surface area contributed by atoms with Crippen molar-refractivity contribution in [1.29, 1.82) is 0 Å². The van der Waals surface area contributed by atoms with Crippen LogP contribution in [-0.4, -0.2) is 30.1 Å². The molecule has 0 radical (unpaired) electrons. The summed E-state index contributed by atoms with van der Waals surface area (Å²) in [4.78, 5) is 23.2. The lowest BCUT2D eigenvalue weighted by atomic mass is 9.95. The SMILES string of the molecule is CC(=O)OC/C(=C\CC/C(C)=C/CO)CCC[C@H](C)C(=O)CC=C(C)C. The van der Waals surface area contributed by atoms with Gasteiger partial charge >= 0.3 is 5.97 Å². The van der Waals surface area contributed by atoms with Crippen molar-refractivity contribution >= 4 is 11.8 Å². The van der Waals surface area contributed by atoms with Crippen LogP contribution < -0.4 is 0 Å². The zero-order valence-electron chi connectivity index (χ0n) is 17.1. The van der Waals surface area contributed by atoms with Crippen molar-refractivity contribution < 1.29 is 19.4 Å². The van der Waals surface area contributed by atoms with E-state index < -0.39 is 0 Å². The lowest BCUT2D eigenvalue weighted by molar-refractivity contribution is -0.140. The van der Waals surface area contributed by atoms with Crippen LogP contribution in [0.4, 0.5) is 0 Å². The van der Waals surface area contributed by atoms with E-state index in [1.807, 2.05) is 33.8 Å². The number of carbonyl (C=O) groups is 2. The second kappa shape index (κ2) is 14.5. The van der Waals surface area contributed by atoms with Crippen LogP contribution in [-0.2, 0) is 14.3 Å². The second-order valence-electron chi connectivity index (χ2n) is 7.16. The van der Waals surface area contributed by atoms with Crippen LogP contribution in [0.25, 0.3) is 0 Å². The Morgan fingerprint density at radius 2 is 1.73 bits per heavy atom. The highest BCUT2D eigenvalue weighted by Crippen LogP contribution is 2.17. The van der Waals surface area contributed by atoms with E-state index in [1.165, 1.54) is 12.5 Å². The molecule has 0 aliphatic carbocycles. The molecule has 0 saturated carbocycles. The topological polar surface area (TPSA) is 63.6 Å². The highest BCUT2D eigenvalue weighted by Gasteiger charge is 2.12. The van der Waals surface area contributed by atoms with E-state index in [1.54, 1.807) is 6.08 Å². The van der Waals surface area contributed by atoms with Crippen molar-refractivity contribution in [3.63, 3.8) is 0 Å². The smallest absolute Gasteiger partial charge is 0.302 e. The Kier molecular flexibility index (Phi) is 13.5. The standard InChI is InChI=1S/C22H36O4/c1-17(2)12-13-22(25)19(4)9-7-11-21(16-26-20(5)24)10-6-8-18(3)14-15-23/h10,12,14,19,23H,6-9,11,13,15-16H2,1-5H3/b18-14+,21-10-/t19-/m0/s1. The third kappa shape index (κ3) is 13.6. The average Bonchev–Trinajstić information content (AvgIpc) is 2.56. The van der Waals surface area contributed by atoms with E-state index in [0.717, 1.165) is 43.3 Å². The van der Waals surface area contributed by atoms with Crippen molar-refractivity contribution in [2.75, 3.05) is 13.2 Å². The fraction of sp³-hybridized carbons (Fsp3) is 0.636. The zero-order valence-corrected chi connectivity index (χ0v) is 17.1. The first-order chi connectivity index (χ1) is 12.3. The number of rotatable bonds is 13. The van der Waals surface area contributed by atoms with Crippen LogP contribution >= 0.6 is 0 Å². The maximum atomic E-state index is 12.1. The minimum absolute atomic E-state index is 0.0512. The summed E-state index contributed by atoms with van der Waals surface area (Å²) in [6, 6.07) is 0. The van der Waals surface area contributed by atoms with Gasteiger partial charge in [-0.05, 0) is 58.4 Å². The molecule has 0 unspecified atom stereocenters. The first kappa shape index (κ1) is 24.3. The van der Waals surface area contributed by atoms with Gasteiger partial charge in [0.25, 0.3) is 0 Å². The molecule has 0 aromatic heterocycles. The molecular formula is C22H36O4. The summed E-state index contributed by atoms with van der Waals surface area (Å²) >= 11 is 0. The maximum Gasteiger partial charge on any atom is 0.302 e. The normalized spacial score (nSPS) is 13.3. The van der Waals surface area contributed by atoms with E-state index in [9.17, 15) is 9.59 Å². The molecule has 4 nitrogen and oxygen atoms in total. The highest BCUT2D eigenvalue weighted by atomic mass is 16.5. The Labute approximate surface area is 159 Å². The molecular weight excluding hydrogens is 328 g/mol. The highest BCUT2D eigenvalue weighted by molar-refractivity contribution is 5.82. The minimum Gasteiger partial charge on any atom is -0.461 e. The molecule has 4 heteroatoms. The second-order valence-corrected chi connectivity index (χ2v) is 7.16. The molecule has 0 heterocycles. The Morgan fingerprint density at radius 3 is 2.31 bits per heavy atom. The van der Waals surface area contributed by atoms with Gasteiger partial charge in [0.05, 0.1) is 6.61 Å². The van der Waals surface area contributed by atoms with Crippen LogP contribution in [0.5, 0.6) is 0 Å². The number of Topliss-reactive ketones (excluding diaryl/α,β-unsaturated/α-hetero) is 1. The van der Waals surface area contributed by atoms with Gasteiger partial charge in [0, 0.05) is 19.3 Å². The molecule has 0 aromatic carbocycles. The van der Waals surface area contributed by atoms with E-state index in [0.29, 0.717) is 13.0 Å². The Bertz CT molecular complexity index is 522. The van der Waals surface area contributed by atoms with Gasteiger partial charge in [-0.15, -0.1) is 0 Å². The Balaban J connectivity index is 4.48. The van der Waals surface area contributed by atoms with Crippen molar-refractivity contribution in [2.45, 2.75) is 73.1 Å². The zero-order chi connectivity index (χ0) is 19.9. The lowest BCUT2D eigenvalue weighted by Crippen LogP contribution is -2.10. The predicted octanol–water partition coefficient (Wildman–Crippen LogP) is 4.93. The van der Waals surface area contributed by atoms with Gasteiger partial charge in [0.15, 0.2) is 0 Å². The quantitative estimate of drug-likeness (QED) is 0.372. The number of carbonyl (C=O) groups excluding carboxylic acids is 2. The molecule has 0 spiro atoms. The van der Waals surface area contributed by atoms with Crippen molar-refractivity contribution in [1.82, 2.24) is 0 Å². The molecule has 0 aromatic rings. The van der Waals surface area contributed by atoms with Gasteiger partial charge in [-0.2, -0.15) is 0 Å². The Hall–Kier alpha value is -1.68. The molecule has 26 heavy (non-hydrogen) atoms. The first-order valence-corrected chi connectivity index (χ1v) is 9.50. The predicted molar refractivity (Wildman–Crippen MR) is 107 cm³/mol. The Morgan fingerprint density at radius 1 is 1.04 bits per heavy atom.